The van der Waals surface area contributed by atoms with Gasteiger partial charge in [-0.05, 0) is 35.4 Å². The lowest BCUT2D eigenvalue weighted by Crippen LogP contribution is -2.08. The van der Waals surface area contributed by atoms with Crippen LogP contribution in [0.3, 0.4) is 0 Å². The van der Waals surface area contributed by atoms with E-state index in [4.69, 9.17) is 9.47 Å². The Balaban J connectivity index is 1.91. The highest BCUT2D eigenvalue weighted by atomic mass is 16.5. The van der Waals surface area contributed by atoms with Gasteiger partial charge in [0.05, 0.1) is 19.9 Å². The molecular weight excluding hydrogens is 364 g/mol. The molecule has 0 aliphatic carbocycles. The lowest BCUT2D eigenvalue weighted by molar-refractivity contribution is 0.0593. The zero-order chi connectivity index (χ0) is 20.4. The zero-order valence-corrected chi connectivity index (χ0v) is 16.6. The lowest BCUT2D eigenvalue weighted by Gasteiger charge is -2.14. The van der Waals surface area contributed by atoms with Gasteiger partial charge in [-0.3, -0.25) is 0 Å². The van der Waals surface area contributed by atoms with Crippen LogP contribution in [-0.2, 0) is 4.74 Å². The van der Waals surface area contributed by atoms with Crippen molar-refractivity contribution in [1.82, 2.24) is 9.97 Å². The smallest absolute Gasteiger partial charge is 0.356 e. The summed E-state index contributed by atoms with van der Waals surface area (Å²) in [5.74, 6) is 0.311. The molecule has 2 heterocycles. The maximum absolute atomic E-state index is 11.9. The normalized spacial score (nSPS) is 12.0. The van der Waals surface area contributed by atoms with E-state index in [0.717, 1.165) is 39.2 Å². The van der Waals surface area contributed by atoms with Gasteiger partial charge < -0.3 is 14.5 Å². The molecule has 0 amide bonds. The number of ether oxygens (including phenoxy) is 2. The molecule has 4 aromatic rings. The first-order valence-electron chi connectivity index (χ1n) is 9.42. The molecule has 0 aliphatic rings. The third-order valence-electron chi connectivity index (χ3n) is 5.15. The van der Waals surface area contributed by atoms with E-state index in [-0.39, 0.29) is 5.92 Å². The van der Waals surface area contributed by atoms with Crippen LogP contribution in [0.4, 0.5) is 0 Å². The van der Waals surface area contributed by atoms with Crippen molar-refractivity contribution in [2.24, 2.45) is 0 Å². The molecule has 0 spiro atoms. The third-order valence-corrected chi connectivity index (χ3v) is 5.15. The van der Waals surface area contributed by atoms with Crippen molar-refractivity contribution in [2.75, 3.05) is 14.2 Å². The largest absolute Gasteiger partial charge is 0.497 e. The predicted molar refractivity (Wildman–Crippen MR) is 113 cm³/mol. The Bertz CT molecular complexity index is 1170. The van der Waals surface area contributed by atoms with Crippen molar-refractivity contribution in [3.8, 4) is 17.0 Å². The number of rotatable bonds is 5. The summed E-state index contributed by atoms with van der Waals surface area (Å²) in [6, 6.07) is 21.7. The van der Waals surface area contributed by atoms with Crippen LogP contribution in [0.1, 0.15) is 34.6 Å². The quantitative estimate of drug-likeness (QED) is 0.480. The van der Waals surface area contributed by atoms with Crippen molar-refractivity contribution >= 4 is 16.9 Å². The fourth-order valence-electron chi connectivity index (χ4n) is 3.67. The second-order valence-corrected chi connectivity index (χ2v) is 6.85. The van der Waals surface area contributed by atoms with Gasteiger partial charge in [0.1, 0.15) is 11.4 Å². The van der Waals surface area contributed by atoms with Crippen molar-refractivity contribution in [3.63, 3.8) is 0 Å². The van der Waals surface area contributed by atoms with Crippen LogP contribution >= 0.6 is 0 Å². The molecule has 2 aromatic heterocycles. The molecule has 146 valence electrons. The number of hydrogen-bond donors (Lipinski definition) is 1. The van der Waals surface area contributed by atoms with Crippen LogP contribution in [0.25, 0.3) is 22.2 Å². The summed E-state index contributed by atoms with van der Waals surface area (Å²) < 4.78 is 10.2. The van der Waals surface area contributed by atoms with E-state index >= 15 is 0 Å². The van der Waals surface area contributed by atoms with Crippen LogP contribution in [0.15, 0.2) is 66.7 Å². The number of nitrogens with zero attached hydrogens (tertiary/aromatic N) is 1. The summed E-state index contributed by atoms with van der Waals surface area (Å²) in [5, 5.41) is 1.10. The Kier molecular flexibility index (Phi) is 5.04. The number of benzene rings is 2. The van der Waals surface area contributed by atoms with E-state index in [9.17, 15) is 4.79 Å². The van der Waals surface area contributed by atoms with E-state index in [0.29, 0.717) is 5.69 Å². The Labute approximate surface area is 169 Å². The number of aromatic amines is 1. The monoisotopic (exact) mass is 386 g/mol. The second kappa shape index (κ2) is 7.80. The van der Waals surface area contributed by atoms with Crippen molar-refractivity contribution in [3.05, 3.63) is 83.7 Å². The first-order chi connectivity index (χ1) is 14.1. The number of fused-ring (bicyclic) bond motifs is 1. The second-order valence-electron chi connectivity index (χ2n) is 6.85. The first kappa shape index (κ1) is 18.7. The Morgan fingerprint density at radius 1 is 1.00 bits per heavy atom. The highest BCUT2D eigenvalue weighted by Gasteiger charge is 2.22. The van der Waals surface area contributed by atoms with Gasteiger partial charge in [-0.1, -0.05) is 43.3 Å². The topological polar surface area (TPSA) is 64.2 Å². The summed E-state index contributed by atoms with van der Waals surface area (Å²) in [4.78, 5) is 20.1. The van der Waals surface area contributed by atoms with Gasteiger partial charge in [0.25, 0.3) is 0 Å². The zero-order valence-electron chi connectivity index (χ0n) is 16.6. The summed E-state index contributed by atoms with van der Waals surface area (Å²) in [6.45, 7) is 2.10. The van der Waals surface area contributed by atoms with Crippen molar-refractivity contribution in [1.29, 1.82) is 0 Å². The minimum Gasteiger partial charge on any atom is -0.497 e. The van der Waals surface area contributed by atoms with E-state index in [1.165, 1.54) is 7.11 Å². The third kappa shape index (κ3) is 3.47. The number of esters is 1. The minimum atomic E-state index is -0.439. The highest BCUT2D eigenvalue weighted by Crippen LogP contribution is 2.39. The number of hydrogen-bond acceptors (Lipinski definition) is 4. The van der Waals surface area contributed by atoms with E-state index in [2.05, 4.69) is 35.1 Å². The number of nitrogens with one attached hydrogen (secondary N) is 1. The fraction of sp³-hybridized carbons (Fsp3) is 0.167. The SMILES string of the molecule is COC(=O)c1cccc(C(C)c2c(-c3ccccc3)[nH]c3cc(OC)ccc23)n1. The number of H-pyrrole nitrogens is 1. The molecule has 1 unspecified atom stereocenters. The van der Waals surface area contributed by atoms with E-state index in [1.807, 2.05) is 42.5 Å². The van der Waals surface area contributed by atoms with Crippen LogP contribution in [0.5, 0.6) is 5.75 Å². The Hall–Kier alpha value is -3.60. The molecule has 0 radical (unpaired) electrons. The Morgan fingerprint density at radius 3 is 2.52 bits per heavy atom. The summed E-state index contributed by atoms with van der Waals surface area (Å²) in [6.07, 6.45) is 0. The summed E-state index contributed by atoms with van der Waals surface area (Å²) in [5.41, 5.74) is 5.36. The number of methoxy groups -OCH3 is 2. The van der Waals surface area contributed by atoms with Gasteiger partial charge in [0, 0.05) is 28.6 Å². The van der Waals surface area contributed by atoms with Gasteiger partial charge >= 0.3 is 5.97 Å². The predicted octanol–water partition coefficient (Wildman–Crippen LogP) is 5.18. The van der Waals surface area contributed by atoms with Gasteiger partial charge in [0.2, 0.25) is 0 Å². The molecule has 0 saturated carbocycles. The maximum Gasteiger partial charge on any atom is 0.356 e. The van der Waals surface area contributed by atoms with Gasteiger partial charge in [0.15, 0.2) is 0 Å². The molecule has 0 aliphatic heterocycles. The fourth-order valence-corrected chi connectivity index (χ4v) is 3.67. The van der Waals surface area contributed by atoms with Gasteiger partial charge in [-0.2, -0.15) is 0 Å². The van der Waals surface area contributed by atoms with Crippen molar-refractivity contribution in [2.45, 2.75) is 12.8 Å². The van der Waals surface area contributed by atoms with Crippen LogP contribution < -0.4 is 4.74 Å². The van der Waals surface area contributed by atoms with Crippen LogP contribution in [0, 0.1) is 0 Å². The first-order valence-corrected chi connectivity index (χ1v) is 9.42. The number of carbonyl (C=O) groups excluding carboxylic acids is 1. The average molecular weight is 386 g/mol. The molecule has 0 saturated heterocycles. The molecule has 29 heavy (non-hydrogen) atoms. The van der Waals surface area contributed by atoms with Crippen LogP contribution in [-0.4, -0.2) is 30.2 Å². The number of carbonyl (C=O) groups is 1. The maximum atomic E-state index is 11.9. The molecule has 5 nitrogen and oxygen atoms in total. The molecule has 1 N–H and O–H groups in total. The lowest BCUT2D eigenvalue weighted by atomic mass is 9.91. The minimum absolute atomic E-state index is 0.0445. The highest BCUT2D eigenvalue weighted by molar-refractivity contribution is 5.93. The van der Waals surface area contributed by atoms with Gasteiger partial charge in [-0.25, -0.2) is 9.78 Å². The number of pyridine rings is 1. The molecule has 0 fully saturated rings. The van der Waals surface area contributed by atoms with Gasteiger partial charge in [-0.15, -0.1) is 0 Å². The number of aromatic nitrogens is 2. The Morgan fingerprint density at radius 2 is 1.79 bits per heavy atom. The molecule has 0 bridgehead atoms. The van der Waals surface area contributed by atoms with Crippen molar-refractivity contribution < 1.29 is 14.3 Å². The molecule has 2 aromatic carbocycles. The molecule has 4 rings (SSSR count). The van der Waals surface area contributed by atoms with E-state index in [1.54, 1.807) is 13.2 Å². The van der Waals surface area contributed by atoms with Crippen LogP contribution in [0.2, 0.25) is 0 Å². The summed E-state index contributed by atoms with van der Waals surface area (Å²) >= 11 is 0. The molecular formula is C24H22N2O3. The average Bonchev–Trinajstić information content (AvgIpc) is 3.17. The standard InChI is InChI=1S/C24H22N2O3/c1-15(19-10-7-11-20(25-19)24(27)29-3)22-18-13-12-17(28-2)14-21(18)26-23(22)16-8-5-4-6-9-16/h4-15,26H,1-3H3. The van der Waals surface area contributed by atoms with E-state index < -0.39 is 5.97 Å². The molecule has 5 heteroatoms. The summed E-state index contributed by atoms with van der Waals surface area (Å²) in [7, 11) is 3.02. The molecule has 1 atom stereocenters.